The van der Waals surface area contributed by atoms with Gasteiger partial charge in [0.25, 0.3) is 5.91 Å². The predicted octanol–water partition coefficient (Wildman–Crippen LogP) is 2.43. The van der Waals surface area contributed by atoms with Crippen LogP contribution in [0.25, 0.3) is 0 Å². The maximum absolute atomic E-state index is 11.4. The molecule has 0 radical (unpaired) electrons. The Morgan fingerprint density at radius 2 is 1.95 bits per heavy atom. The smallest absolute Gasteiger partial charge is 0.277 e. The highest BCUT2D eigenvalue weighted by Crippen LogP contribution is 2.20. The lowest BCUT2D eigenvalue weighted by molar-refractivity contribution is 0.101. The van der Waals surface area contributed by atoms with Gasteiger partial charge in [-0.15, -0.1) is 0 Å². The number of carbonyl (C=O) groups is 1. The fraction of sp³-hybridized carbons (Fsp3) is 0.176. The van der Waals surface area contributed by atoms with E-state index in [0.29, 0.717) is 12.2 Å². The highest BCUT2D eigenvalue weighted by molar-refractivity contribution is 6.13. The van der Waals surface area contributed by atoms with Gasteiger partial charge in [-0.1, -0.05) is 30.3 Å². The van der Waals surface area contributed by atoms with E-state index < -0.39 is 0 Å². The van der Waals surface area contributed by atoms with Crippen LogP contribution in [-0.4, -0.2) is 25.3 Å². The van der Waals surface area contributed by atoms with E-state index in [4.69, 9.17) is 4.74 Å². The molecule has 1 heterocycles. The molecule has 0 saturated heterocycles. The SMILES string of the molecule is O=C1N=Cc2cc(OCCNCc3ccccc3)ccc21. The van der Waals surface area contributed by atoms with Gasteiger partial charge in [0, 0.05) is 24.9 Å². The maximum atomic E-state index is 11.4. The molecule has 0 atom stereocenters. The molecule has 2 aromatic rings. The van der Waals surface area contributed by atoms with Crippen molar-refractivity contribution < 1.29 is 9.53 Å². The number of benzene rings is 2. The number of nitrogens with zero attached hydrogens (tertiary/aromatic N) is 1. The average Bonchev–Trinajstić information content (AvgIpc) is 2.89. The van der Waals surface area contributed by atoms with Gasteiger partial charge in [0.15, 0.2) is 0 Å². The molecule has 1 aliphatic rings. The van der Waals surface area contributed by atoms with Crippen LogP contribution in [0.2, 0.25) is 0 Å². The number of fused-ring (bicyclic) bond motifs is 1. The van der Waals surface area contributed by atoms with Crippen LogP contribution >= 0.6 is 0 Å². The number of carbonyl (C=O) groups excluding carboxylic acids is 1. The number of nitrogens with one attached hydrogen (secondary N) is 1. The van der Waals surface area contributed by atoms with Crippen LogP contribution in [0.15, 0.2) is 53.5 Å². The average molecular weight is 280 g/mol. The standard InChI is InChI=1S/C17H16N2O2/c20-17-16-7-6-15(10-14(16)12-19-17)21-9-8-18-11-13-4-2-1-3-5-13/h1-7,10,12,18H,8-9,11H2. The quantitative estimate of drug-likeness (QED) is 0.827. The summed E-state index contributed by atoms with van der Waals surface area (Å²) >= 11 is 0. The van der Waals surface area contributed by atoms with Crippen LogP contribution in [-0.2, 0) is 6.54 Å². The van der Waals surface area contributed by atoms with E-state index in [1.165, 1.54) is 5.56 Å². The number of rotatable bonds is 6. The molecule has 4 nitrogen and oxygen atoms in total. The first-order valence-electron chi connectivity index (χ1n) is 6.93. The second-order valence-electron chi connectivity index (χ2n) is 4.82. The molecule has 3 rings (SSSR count). The largest absolute Gasteiger partial charge is 0.492 e. The van der Waals surface area contributed by atoms with Crippen molar-refractivity contribution in [2.24, 2.45) is 4.99 Å². The van der Waals surface area contributed by atoms with Crippen LogP contribution in [0, 0.1) is 0 Å². The van der Waals surface area contributed by atoms with Crippen LogP contribution in [0.1, 0.15) is 21.5 Å². The molecule has 106 valence electrons. The number of amides is 1. The predicted molar refractivity (Wildman–Crippen MR) is 82.0 cm³/mol. The highest BCUT2D eigenvalue weighted by atomic mass is 16.5. The van der Waals surface area contributed by atoms with E-state index in [1.807, 2.05) is 30.3 Å². The van der Waals surface area contributed by atoms with Gasteiger partial charge in [0.2, 0.25) is 0 Å². The minimum atomic E-state index is -0.180. The Labute approximate surface area is 123 Å². The molecule has 21 heavy (non-hydrogen) atoms. The Morgan fingerprint density at radius 1 is 1.10 bits per heavy atom. The van der Waals surface area contributed by atoms with Crippen molar-refractivity contribution in [1.82, 2.24) is 5.32 Å². The molecule has 0 saturated carbocycles. The minimum absolute atomic E-state index is 0.180. The molecular formula is C17H16N2O2. The lowest BCUT2D eigenvalue weighted by atomic mass is 10.1. The normalized spacial score (nSPS) is 12.5. The molecule has 0 bridgehead atoms. The lowest BCUT2D eigenvalue weighted by Crippen LogP contribution is -2.20. The number of hydrogen-bond donors (Lipinski definition) is 1. The molecular weight excluding hydrogens is 264 g/mol. The third-order valence-corrected chi connectivity index (χ3v) is 3.29. The first-order valence-corrected chi connectivity index (χ1v) is 6.93. The Balaban J connectivity index is 1.44. The summed E-state index contributed by atoms with van der Waals surface area (Å²) < 4.78 is 5.67. The molecule has 1 amide bonds. The first-order chi connectivity index (χ1) is 10.3. The van der Waals surface area contributed by atoms with Gasteiger partial charge in [0.05, 0.1) is 5.56 Å². The van der Waals surface area contributed by atoms with Gasteiger partial charge >= 0.3 is 0 Å². The zero-order valence-corrected chi connectivity index (χ0v) is 11.6. The zero-order chi connectivity index (χ0) is 14.5. The van der Waals surface area contributed by atoms with Crippen LogP contribution in [0.5, 0.6) is 5.75 Å². The summed E-state index contributed by atoms with van der Waals surface area (Å²) in [5, 5.41) is 3.33. The Kier molecular flexibility index (Phi) is 4.07. The first kappa shape index (κ1) is 13.5. The maximum Gasteiger partial charge on any atom is 0.277 e. The van der Waals surface area contributed by atoms with Gasteiger partial charge < -0.3 is 10.1 Å². The second-order valence-corrected chi connectivity index (χ2v) is 4.82. The van der Waals surface area contributed by atoms with Crippen molar-refractivity contribution in [2.45, 2.75) is 6.54 Å². The van der Waals surface area contributed by atoms with E-state index in [0.717, 1.165) is 24.4 Å². The van der Waals surface area contributed by atoms with Gasteiger partial charge in [-0.2, -0.15) is 0 Å². The topological polar surface area (TPSA) is 50.7 Å². The van der Waals surface area contributed by atoms with E-state index in [1.54, 1.807) is 12.3 Å². The molecule has 2 aromatic carbocycles. The Morgan fingerprint density at radius 3 is 2.81 bits per heavy atom. The monoisotopic (exact) mass is 280 g/mol. The Hall–Kier alpha value is -2.46. The van der Waals surface area contributed by atoms with Crippen LogP contribution < -0.4 is 10.1 Å². The summed E-state index contributed by atoms with van der Waals surface area (Å²) in [5.74, 6) is 0.581. The van der Waals surface area contributed by atoms with E-state index in [2.05, 4.69) is 22.4 Å². The van der Waals surface area contributed by atoms with Crippen molar-refractivity contribution in [3.63, 3.8) is 0 Å². The number of hydrogen-bond acceptors (Lipinski definition) is 3. The molecule has 1 aliphatic heterocycles. The van der Waals surface area contributed by atoms with Crippen LogP contribution in [0.4, 0.5) is 0 Å². The third kappa shape index (κ3) is 3.35. The molecule has 0 fully saturated rings. The summed E-state index contributed by atoms with van der Waals surface area (Å²) in [6.45, 7) is 2.17. The van der Waals surface area contributed by atoms with Gasteiger partial charge in [-0.3, -0.25) is 4.79 Å². The van der Waals surface area contributed by atoms with Gasteiger partial charge in [-0.05, 0) is 23.8 Å². The van der Waals surface area contributed by atoms with E-state index >= 15 is 0 Å². The molecule has 0 aliphatic carbocycles. The third-order valence-electron chi connectivity index (χ3n) is 3.29. The molecule has 1 N–H and O–H groups in total. The van der Waals surface area contributed by atoms with E-state index in [9.17, 15) is 4.79 Å². The molecule has 0 unspecified atom stereocenters. The molecule has 0 spiro atoms. The minimum Gasteiger partial charge on any atom is -0.492 e. The zero-order valence-electron chi connectivity index (χ0n) is 11.6. The van der Waals surface area contributed by atoms with Crippen LogP contribution in [0.3, 0.4) is 0 Å². The van der Waals surface area contributed by atoms with Gasteiger partial charge in [0.1, 0.15) is 12.4 Å². The summed E-state index contributed by atoms with van der Waals surface area (Å²) in [6.07, 6.45) is 1.58. The summed E-state index contributed by atoms with van der Waals surface area (Å²) in [4.78, 5) is 15.1. The van der Waals surface area contributed by atoms with Gasteiger partial charge in [-0.25, -0.2) is 4.99 Å². The van der Waals surface area contributed by atoms with Crippen molar-refractivity contribution in [3.05, 3.63) is 65.2 Å². The Bertz CT molecular complexity index is 666. The molecule has 0 aromatic heterocycles. The van der Waals surface area contributed by atoms with Crippen molar-refractivity contribution in [3.8, 4) is 5.75 Å². The summed E-state index contributed by atoms with van der Waals surface area (Å²) in [5.41, 5.74) is 2.73. The summed E-state index contributed by atoms with van der Waals surface area (Å²) in [7, 11) is 0. The van der Waals surface area contributed by atoms with E-state index in [-0.39, 0.29) is 5.91 Å². The summed E-state index contributed by atoms with van der Waals surface area (Å²) in [6, 6.07) is 15.7. The molecule has 4 heteroatoms. The fourth-order valence-electron chi connectivity index (χ4n) is 2.20. The van der Waals surface area contributed by atoms with Crippen molar-refractivity contribution in [1.29, 1.82) is 0 Å². The number of ether oxygens (including phenoxy) is 1. The highest BCUT2D eigenvalue weighted by Gasteiger charge is 2.15. The fourth-order valence-corrected chi connectivity index (χ4v) is 2.20. The van der Waals surface area contributed by atoms with Crippen molar-refractivity contribution in [2.75, 3.05) is 13.2 Å². The van der Waals surface area contributed by atoms with Crippen molar-refractivity contribution >= 4 is 12.1 Å². The number of aliphatic imine (C=N–C) groups is 1. The second kappa shape index (κ2) is 6.33. The lowest BCUT2D eigenvalue weighted by Gasteiger charge is -2.08.